The van der Waals surface area contributed by atoms with Crippen molar-refractivity contribution in [3.8, 4) is 0 Å². The first kappa shape index (κ1) is 15.3. The summed E-state index contributed by atoms with van der Waals surface area (Å²) in [6, 6.07) is -0.199. The van der Waals surface area contributed by atoms with Crippen molar-refractivity contribution in [3.05, 3.63) is 0 Å². The molecular formula is C13H24N2O2S. The van der Waals surface area contributed by atoms with E-state index in [1.54, 1.807) is 16.7 Å². The average Bonchev–Trinajstić information content (AvgIpc) is 2.37. The van der Waals surface area contributed by atoms with Crippen LogP contribution in [0.25, 0.3) is 0 Å². The fraction of sp³-hybridized carbons (Fsp3) is 0.846. The van der Waals surface area contributed by atoms with Gasteiger partial charge in [-0.15, -0.1) is 0 Å². The summed E-state index contributed by atoms with van der Waals surface area (Å²) in [4.78, 5) is 25.8. The van der Waals surface area contributed by atoms with Crippen molar-refractivity contribution in [2.45, 2.75) is 45.7 Å². The molecule has 0 spiro atoms. The normalized spacial score (nSPS) is 23.8. The fourth-order valence-electron chi connectivity index (χ4n) is 2.13. The third-order valence-corrected chi connectivity index (χ3v) is 4.31. The van der Waals surface area contributed by atoms with Gasteiger partial charge in [-0.05, 0) is 31.3 Å². The molecule has 0 aromatic carbocycles. The molecule has 1 saturated heterocycles. The standard InChI is InChI=1S/C13H24N2O2S/c1-5-9(2)12-13(17)15(8-11(16)14-12)10(3)6-7-18-4/h9-10,12H,5-8H2,1-4H3,(H,14,16). The fourth-order valence-corrected chi connectivity index (χ4v) is 2.71. The van der Waals surface area contributed by atoms with E-state index in [0.717, 1.165) is 18.6 Å². The lowest BCUT2D eigenvalue weighted by Gasteiger charge is -2.38. The second-order valence-corrected chi connectivity index (χ2v) is 6.01. The number of piperazine rings is 1. The number of hydrogen-bond acceptors (Lipinski definition) is 3. The number of carbonyl (C=O) groups excluding carboxylic acids is 2. The van der Waals surface area contributed by atoms with E-state index in [1.807, 2.05) is 20.8 Å². The lowest BCUT2D eigenvalue weighted by molar-refractivity contribution is -0.147. The van der Waals surface area contributed by atoms with Gasteiger partial charge in [-0.25, -0.2) is 0 Å². The summed E-state index contributed by atoms with van der Waals surface area (Å²) >= 11 is 1.77. The van der Waals surface area contributed by atoms with Crippen LogP contribution in [0.1, 0.15) is 33.6 Å². The lowest BCUT2D eigenvalue weighted by Crippen LogP contribution is -2.62. The minimum atomic E-state index is -0.340. The topological polar surface area (TPSA) is 49.4 Å². The van der Waals surface area contributed by atoms with Gasteiger partial charge < -0.3 is 10.2 Å². The van der Waals surface area contributed by atoms with Gasteiger partial charge in [0.15, 0.2) is 0 Å². The molecule has 0 saturated carbocycles. The Labute approximate surface area is 114 Å². The maximum absolute atomic E-state index is 12.4. The summed E-state index contributed by atoms with van der Waals surface area (Å²) in [6.07, 6.45) is 3.89. The summed E-state index contributed by atoms with van der Waals surface area (Å²) < 4.78 is 0. The van der Waals surface area contributed by atoms with Crippen LogP contribution in [0.5, 0.6) is 0 Å². The molecule has 1 aliphatic rings. The number of nitrogens with zero attached hydrogens (tertiary/aromatic N) is 1. The van der Waals surface area contributed by atoms with Crippen molar-refractivity contribution in [2.75, 3.05) is 18.6 Å². The molecule has 4 nitrogen and oxygen atoms in total. The monoisotopic (exact) mass is 272 g/mol. The SMILES string of the molecule is CCC(C)C1NC(=O)CN(C(C)CCSC)C1=O. The van der Waals surface area contributed by atoms with Crippen LogP contribution in [0, 0.1) is 5.92 Å². The zero-order chi connectivity index (χ0) is 13.7. The second kappa shape index (κ2) is 7.02. The molecule has 3 unspecified atom stereocenters. The second-order valence-electron chi connectivity index (χ2n) is 5.03. The molecule has 1 rings (SSSR count). The molecule has 1 N–H and O–H groups in total. The zero-order valence-electron chi connectivity index (χ0n) is 11.7. The van der Waals surface area contributed by atoms with E-state index in [0.29, 0.717) is 0 Å². The van der Waals surface area contributed by atoms with E-state index in [9.17, 15) is 9.59 Å². The first-order valence-corrected chi connectivity index (χ1v) is 7.99. The van der Waals surface area contributed by atoms with Crippen LogP contribution in [-0.4, -0.2) is 47.4 Å². The van der Waals surface area contributed by atoms with Crippen molar-refractivity contribution < 1.29 is 9.59 Å². The molecule has 0 aromatic rings. The Hall–Kier alpha value is -0.710. The van der Waals surface area contributed by atoms with Crippen molar-refractivity contribution in [3.63, 3.8) is 0 Å². The van der Waals surface area contributed by atoms with Gasteiger partial charge in [-0.1, -0.05) is 20.3 Å². The molecule has 2 amide bonds. The van der Waals surface area contributed by atoms with Crippen molar-refractivity contribution >= 4 is 23.6 Å². The van der Waals surface area contributed by atoms with E-state index < -0.39 is 0 Å². The van der Waals surface area contributed by atoms with Gasteiger partial charge >= 0.3 is 0 Å². The number of nitrogens with one attached hydrogen (secondary N) is 1. The summed E-state index contributed by atoms with van der Waals surface area (Å²) in [5.74, 6) is 1.26. The minimum absolute atomic E-state index is 0.0316. The van der Waals surface area contributed by atoms with Crippen LogP contribution in [0.3, 0.4) is 0 Å². The van der Waals surface area contributed by atoms with Crippen molar-refractivity contribution in [2.24, 2.45) is 5.92 Å². The lowest BCUT2D eigenvalue weighted by atomic mass is 9.95. The van der Waals surface area contributed by atoms with E-state index >= 15 is 0 Å². The van der Waals surface area contributed by atoms with Gasteiger partial charge in [-0.3, -0.25) is 9.59 Å². The Morgan fingerprint density at radius 1 is 1.44 bits per heavy atom. The molecule has 104 valence electrons. The van der Waals surface area contributed by atoms with Gasteiger partial charge in [0.2, 0.25) is 11.8 Å². The molecule has 3 atom stereocenters. The van der Waals surface area contributed by atoms with E-state index in [2.05, 4.69) is 11.6 Å². The highest BCUT2D eigenvalue weighted by Crippen LogP contribution is 2.18. The van der Waals surface area contributed by atoms with E-state index in [4.69, 9.17) is 0 Å². The molecule has 0 aliphatic carbocycles. The quantitative estimate of drug-likeness (QED) is 0.797. The molecular weight excluding hydrogens is 248 g/mol. The molecule has 1 fully saturated rings. The largest absolute Gasteiger partial charge is 0.342 e. The van der Waals surface area contributed by atoms with Crippen LogP contribution < -0.4 is 5.32 Å². The summed E-state index contributed by atoms with van der Waals surface area (Å²) in [6.45, 7) is 6.29. The Morgan fingerprint density at radius 3 is 2.67 bits per heavy atom. The highest BCUT2D eigenvalue weighted by Gasteiger charge is 2.37. The van der Waals surface area contributed by atoms with Gasteiger partial charge in [0, 0.05) is 6.04 Å². The Bertz CT molecular complexity index is 309. The summed E-state index contributed by atoms with van der Waals surface area (Å²) in [7, 11) is 0. The molecule has 0 radical (unpaired) electrons. The third kappa shape index (κ3) is 3.64. The van der Waals surface area contributed by atoms with E-state index in [1.165, 1.54) is 0 Å². The zero-order valence-corrected chi connectivity index (χ0v) is 12.5. The number of carbonyl (C=O) groups is 2. The molecule has 1 heterocycles. The number of hydrogen-bond donors (Lipinski definition) is 1. The van der Waals surface area contributed by atoms with Gasteiger partial charge in [-0.2, -0.15) is 11.8 Å². The first-order chi connectivity index (χ1) is 8.51. The van der Waals surface area contributed by atoms with Crippen LogP contribution in [-0.2, 0) is 9.59 Å². The van der Waals surface area contributed by atoms with Gasteiger partial charge in [0.25, 0.3) is 0 Å². The van der Waals surface area contributed by atoms with Gasteiger partial charge in [0.05, 0.1) is 6.54 Å². The smallest absolute Gasteiger partial charge is 0.246 e. The molecule has 1 aliphatic heterocycles. The summed E-state index contributed by atoms with van der Waals surface area (Å²) in [5, 5.41) is 2.82. The number of rotatable bonds is 6. The van der Waals surface area contributed by atoms with Gasteiger partial charge in [0.1, 0.15) is 6.04 Å². The average molecular weight is 272 g/mol. The minimum Gasteiger partial charge on any atom is -0.342 e. The highest BCUT2D eigenvalue weighted by molar-refractivity contribution is 7.98. The molecule has 18 heavy (non-hydrogen) atoms. The maximum atomic E-state index is 12.4. The van der Waals surface area contributed by atoms with Crippen molar-refractivity contribution in [1.29, 1.82) is 0 Å². The third-order valence-electron chi connectivity index (χ3n) is 3.66. The predicted molar refractivity (Wildman–Crippen MR) is 75.6 cm³/mol. The van der Waals surface area contributed by atoms with Crippen LogP contribution >= 0.6 is 11.8 Å². The van der Waals surface area contributed by atoms with E-state index in [-0.39, 0.29) is 36.4 Å². The number of amides is 2. The Balaban J connectivity index is 2.72. The Morgan fingerprint density at radius 2 is 2.11 bits per heavy atom. The molecule has 5 heteroatoms. The molecule has 0 bridgehead atoms. The molecule has 0 aromatic heterocycles. The van der Waals surface area contributed by atoms with Crippen molar-refractivity contribution in [1.82, 2.24) is 10.2 Å². The van der Waals surface area contributed by atoms with Crippen LogP contribution in [0.15, 0.2) is 0 Å². The summed E-state index contributed by atoms with van der Waals surface area (Å²) in [5.41, 5.74) is 0. The van der Waals surface area contributed by atoms with Crippen LogP contribution in [0.2, 0.25) is 0 Å². The Kier molecular flexibility index (Phi) is 5.99. The highest BCUT2D eigenvalue weighted by atomic mass is 32.2. The van der Waals surface area contributed by atoms with Crippen LogP contribution in [0.4, 0.5) is 0 Å². The number of thioether (sulfide) groups is 1. The first-order valence-electron chi connectivity index (χ1n) is 6.60. The maximum Gasteiger partial charge on any atom is 0.246 e. The predicted octanol–water partition coefficient (Wildman–Crippen LogP) is 1.50.